The summed E-state index contributed by atoms with van der Waals surface area (Å²) < 4.78 is 44.7. The minimum absolute atomic E-state index is 0.0653. The van der Waals surface area contributed by atoms with Gasteiger partial charge in [0.25, 0.3) is 11.9 Å². The zero-order chi connectivity index (χ0) is 22.8. The van der Waals surface area contributed by atoms with E-state index in [-0.39, 0.29) is 37.6 Å². The molecule has 5 heterocycles. The zero-order valence-electron chi connectivity index (χ0n) is 18.0. The number of halogens is 2. The average Bonchev–Trinajstić information content (AvgIpc) is 3.34. The second-order valence-electron chi connectivity index (χ2n) is 9.28. The van der Waals surface area contributed by atoms with Gasteiger partial charge in [0.15, 0.2) is 11.3 Å². The number of ether oxygens (including phenoxy) is 3. The number of amidine groups is 1. The van der Waals surface area contributed by atoms with Gasteiger partial charge < -0.3 is 24.8 Å². The molecule has 1 aromatic heterocycles. The highest BCUT2D eigenvalue weighted by Gasteiger charge is 2.48. The lowest BCUT2D eigenvalue weighted by molar-refractivity contribution is -0.0648. The van der Waals surface area contributed by atoms with Crippen LogP contribution in [0.1, 0.15) is 30.0 Å². The molecule has 2 N–H and O–H groups in total. The summed E-state index contributed by atoms with van der Waals surface area (Å²) >= 11 is 0. The lowest BCUT2D eigenvalue weighted by atomic mass is 9.81. The molecule has 0 amide bonds. The quantitative estimate of drug-likeness (QED) is 0.670. The van der Waals surface area contributed by atoms with Gasteiger partial charge >= 0.3 is 0 Å². The molecule has 1 aromatic carbocycles. The summed E-state index contributed by atoms with van der Waals surface area (Å²) in [6.45, 7) is 3.33. The molecule has 170 valence electrons. The smallest absolute Gasteiger partial charge is 0.283 e. The van der Waals surface area contributed by atoms with E-state index < -0.39 is 11.5 Å². The van der Waals surface area contributed by atoms with Crippen LogP contribution in [0.5, 0.6) is 11.5 Å². The van der Waals surface area contributed by atoms with Crippen LogP contribution < -0.4 is 15.4 Å². The summed E-state index contributed by atoms with van der Waals surface area (Å²) in [5, 5.41) is 0. The first kappa shape index (κ1) is 20.2. The van der Waals surface area contributed by atoms with Gasteiger partial charge in [-0.3, -0.25) is 0 Å². The molecule has 1 atom stereocenters. The van der Waals surface area contributed by atoms with Gasteiger partial charge in [-0.15, -0.1) is 0 Å². The van der Waals surface area contributed by atoms with Crippen molar-refractivity contribution in [3.8, 4) is 23.3 Å². The molecule has 6 rings (SSSR count). The van der Waals surface area contributed by atoms with Crippen molar-refractivity contribution < 1.29 is 23.0 Å². The highest BCUT2D eigenvalue weighted by molar-refractivity contribution is 5.77. The number of aliphatic imine (C=N–C) groups is 1. The minimum Gasteiger partial charge on any atom is -0.462 e. The fourth-order valence-corrected chi connectivity index (χ4v) is 4.63. The third-order valence-electron chi connectivity index (χ3n) is 6.52. The monoisotopic (exact) mass is 452 g/mol. The summed E-state index contributed by atoms with van der Waals surface area (Å²) in [7, 11) is 0. The van der Waals surface area contributed by atoms with Gasteiger partial charge in [0, 0.05) is 29.7 Å². The molecule has 2 saturated heterocycles. The lowest BCUT2D eigenvalue weighted by Crippen LogP contribution is -2.38. The van der Waals surface area contributed by atoms with E-state index in [1.54, 1.807) is 17.2 Å². The SMILES string of the molecule is CC1(C#Cc2ccc3c(c2)C2(COC(N)=N2)c2cc(N4CCC(F)(F)C4)ncc2O3)COC1. The first-order valence-electron chi connectivity index (χ1n) is 10.8. The van der Waals surface area contributed by atoms with Gasteiger partial charge in [0.2, 0.25) is 0 Å². The molecule has 0 bridgehead atoms. The second-order valence-corrected chi connectivity index (χ2v) is 9.28. The van der Waals surface area contributed by atoms with Crippen LogP contribution >= 0.6 is 0 Å². The molecule has 1 spiro atoms. The maximum absolute atomic E-state index is 13.8. The van der Waals surface area contributed by atoms with Crippen LogP contribution in [0.4, 0.5) is 14.6 Å². The molecule has 9 heteroatoms. The molecule has 33 heavy (non-hydrogen) atoms. The Morgan fingerprint density at radius 1 is 1.12 bits per heavy atom. The van der Waals surface area contributed by atoms with Crippen LogP contribution in [0.25, 0.3) is 0 Å². The number of nitrogens with zero attached hydrogens (tertiary/aromatic N) is 3. The van der Waals surface area contributed by atoms with Crippen molar-refractivity contribution in [2.75, 3.05) is 37.8 Å². The molecular formula is C24H22F2N4O3. The fourth-order valence-electron chi connectivity index (χ4n) is 4.63. The van der Waals surface area contributed by atoms with Gasteiger partial charge in [-0.1, -0.05) is 11.8 Å². The van der Waals surface area contributed by atoms with Crippen molar-refractivity contribution in [2.24, 2.45) is 16.1 Å². The molecule has 2 fully saturated rings. The Bertz CT molecular complexity index is 1250. The first-order chi connectivity index (χ1) is 15.8. The first-order valence-corrected chi connectivity index (χ1v) is 10.8. The molecule has 1 unspecified atom stereocenters. The molecule has 7 nitrogen and oxygen atoms in total. The summed E-state index contributed by atoms with van der Waals surface area (Å²) in [5.41, 5.74) is 7.09. The molecule has 4 aliphatic rings. The topological polar surface area (TPSA) is 82.2 Å². The number of fused-ring (bicyclic) bond motifs is 4. The predicted molar refractivity (Wildman–Crippen MR) is 117 cm³/mol. The van der Waals surface area contributed by atoms with Crippen LogP contribution in [0.2, 0.25) is 0 Å². The Morgan fingerprint density at radius 3 is 2.61 bits per heavy atom. The molecule has 4 aliphatic heterocycles. The number of benzene rings is 1. The van der Waals surface area contributed by atoms with E-state index >= 15 is 0 Å². The van der Waals surface area contributed by atoms with Crippen molar-refractivity contribution in [1.82, 2.24) is 4.98 Å². The Morgan fingerprint density at radius 2 is 1.94 bits per heavy atom. The number of anilines is 1. The maximum Gasteiger partial charge on any atom is 0.283 e. The third kappa shape index (κ3) is 3.28. The van der Waals surface area contributed by atoms with E-state index in [1.165, 1.54) is 0 Å². The van der Waals surface area contributed by atoms with Gasteiger partial charge in [-0.2, -0.15) is 0 Å². The Kier molecular flexibility index (Phi) is 4.18. The van der Waals surface area contributed by atoms with Crippen molar-refractivity contribution in [3.63, 3.8) is 0 Å². The number of nitrogens with two attached hydrogens (primary N) is 1. The average molecular weight is 452 g/mol. The van der Waals surface area contributed by atoms with Crippen LogP contribution in [-0.4, -0.2) is 49.8 Å². The van der Waals surface area contributed by atoms with Crippen LogP contribution in [0.3, 0.4) is 0 Å². The Labute approximate surface area is 189 Å². The van der Waals surface area contributed by atoms with E-state index in [1.807, 2.05) is 18.2 Å². The number of hydrogen-bond donors (Lipinski definition) is 1. The van der Waals surface area contributed by atoms with Gasteiger partial charge in [0.1, 0.15) is 18.2 Å². The van der Waals surface area contributed by atoms with Gasteiger partial charge in [-0.05, 0) is 31.2 Å². The molecule has 0 saturated carbocycles. The van der Waals surface area contributed by atoms with E-state index in [9.17, 15) is 8.78 Å². The summed E-state index contributed by atoms with van der Waals surface area (Å²) in [4.78, 5) is 10.6. The molecule has 2 aromatic rings. The summed E-state index contributed by atoms with van der Waals surface area (Å²) in [6.07, 6.45) is 1.36. The summed E-state index contributed by atoms with van der Waals surface area (Å²) in [5.74, 6) is 5.34. The standard InChI is InChI=1S/C24H22F2N4O3/c1-22(12-31-13-22)5-4-15-2-3-18-16(8-15)24(14-32-21(27)29-24)17-9-20(28-10-19(17)33-18)30-7-6-23(25,26)11-30/h2-3,8-10H,6-7,11-14H2,1H3,(H2,27,29). The zero-order valence-corrected chi connectivity index (χ0v) is 18.0. The normalized spacial score (nSPS) is 25.7. The number of hydrogen-bond acceptors (Lipinski definition) is 7. The third-order valence-corrected chi connectivity index (χ3v) is 6.52. The molecule has 0 aliphatic carbocycles. The van der Waals surface area contributed by atoms with Crippen LogP contribution in [-0.2, 0) is 15.0 Å². The maximum atomic E-state index is 13.8. The highest BCUT2D eigenvalue weighted by atomic mass is 19.3. The van der Waals surface area contributed by atoms with Gasteiger partial charge in [-0.25, -0.2) is 18.8 Å². The molecular weight excluding hydrogens is 430 g/mol. The van der Waals surface area contributed by atoms with Crippen molar-refractivity contribution in [3.05, 3.63) is 47.2 Å². The van der Waals surface area contributed by atoms with Crippen molar-refractivity contribution >= 4 is 11.8 Å². The van der Waals surface area contributed by atoms with Gasteiger partial charge in [0.05, 0.1) is 31.4 Å². The highest BCUT2D eigenvalue weighted by Crippen LogP contribution is 2.51. The Hall–Kier alpha value is -3.38. The van der Waals surface area contributed by atoms with Crippen molar-refractivity contribution in [2.45, 2.75) is 24.8 Å². The number of alkyl halides is 2. The van der Waals surface area contributed by atoms with E-state index in [0.29, 0.717) is 36.1 Å². The lowest BCUT2D eigenvalue weighted by Gasteiger charge is -2.34. The van der Waals surface area contributed by atoms with E-state index in [0.717, 1.165) is 11.1 Å². The predicted octanol–water partition coefficient (Wildman–Crippen LogP) is 3.01. The van der Waals surface area contributed by atoms with Crippen LogP contribution in [0, 0.1) is 17.3 Å². The number of rotatable bonds is 1. The second kappa shape index (κ2) is 6.81. The fraction of sp³-hybridized carbons (Fsp3) is 0.417. The number of pyridine rings is 1. The molecule has 0 radical (unpaired) electrons. The minimum atomic E-state index is -2.73. The van der Waals surface area contributed by atoms with Crippen molar-refractivity contribution in [1.29, 1.82) is 0 Å². The Balaban J connectivity index is 1.44. The van der Waals surface area contributed by atoms with E-state index in [2.05, 4.69) is 28.7 Å². The largest absolute Gasteiger partial charge is 0.462 e. The van der Waals surface area contributed by atoms with Crippen LogP contribution in [0.15, 0.2) is 35.5 Å². The summed E-state index contributed by atoms with van der Waals surface area (Å²) in [6, 6.07) is 7.50. The van der Waals surface area contributed by atoms with E-state index in [4.69, 9.17) is 19.9 Å². The number of aromatic nitrogens is 1.